The number of methoxy groups -OCH3 is 2. The molecule has 8 heteroatoms. The lowest BCUT2D eigenvalue weighted by molar-refractivity contribution is -0.134. The van der Waals surface area contributed by atoms with Crippen LogP contribution in [0.4, 0.5) is 16.2 Å². The van der Waals surface area contributed by atoms with Crippen LogP contribution in [0.5, 0.6) is 11.5 Å². The number of hydrogen-bond acceptors (Lipinski definition) is 5. The first-order valence-electron chi connectivity index (χ1n) is 9.33. The summed E-state index contributed by atoms with van der Waals surface area (Å²) in [6.07, 6.45) is 0.329. The Hall–Kier alpha value is -3.26. The van der Waals surface area contributed by atoms with E-state index in [1.165, 1.54) is 7.11 Å². The molecule has 0 atom stereocenters. The Morgan fingerprint density at radius 1 is 1.00 bits per heavy atom. The first-order chi connectivity index (χ1) is 14.1. The van der Waals surface area contributed by atoms with Crippen LogP contribution < -0.4 is 20.1 Å². The third kappa shape index (κ3) is 5.61. The van der Waals surface area contributed by atoms with Crippen LogP contribution in [0.2, 0.25) is 0 Å². The van der Waals surface area contributed by atoms with E-state index in [9.17, 15) is 9.59 Å². The number of hydrogen-bond donors (Lipinski definition) is 2. The Bertz CT molecular complexity index is 848. The van der Waals surface area contributed by atoms with E-state index in [1.807, 2.05) is 17.0 Å². The average Bonchev–Trinajstić information content (AvgIpc) is 2.76. The molecule has 0 radical (unpaired) electrons. The largest absolute Gasteiger partial charge is 0.497 e. The van der Waals surface area contributed by atoms with Gasteiger partial charge in [0, 0.05) is 24.8 Å². The van der Waals surface area contributed by atoms with Gasteiger partial charge in [0.15, 0.2) is 0 Å². The number of nitrogens with one attached hydrogen (secondary N) is 2. The summed E-state index contributed by atoms with van der Waals surface area (Å²) in [6, 6.07) is 11.9. The highest BCUT2D eigenvalue weighted by Crippen LogP contribution is 2.29. The second-order valence-corrected chi connectivity index (χ2v) is 6.51. The molecular weight excluding hydrogens is 374 g/mol. The standard InChI is InChI=1S/C21H25N3O5/c1-27-17-7-8-18(19(14-17)28-2)23-21(26)22-16-5-3-15(4-6-16)13-20(25)24-9-11-29-12-10-24/h3-8,14H,9-13H2,1-2H3,(H2,22,23,26). The Morgan fingerprint density at radius 2 is 1.72 bits per heavy atom. The first-order valence-corrected chi connectivity index (χ1v) is 9.33. The number of urea groups is 1. The summed E-state index contributed by atoms with van der Waals surface area (Å²) >= 11 is 0. The van der Waals surface area contributed by atoms with Crippen molar-refractivity contribution in [3.8, 4) is 11.5 Å². The van der Waals surface area contributed by atoms with E-state index in [4.69, 9.17) is 14.2 Å². The van der Waals surface area contributed by atoms with Gasteiger partial charge in [-0.3, -0.25) is 4.79 Å². The summed E-state index contributed by atoms with van der Waals surface area (Å²) in [5.74, 6) is 1.21. The van der Waals surface area contributed by atoms with Gasteiger partial charge in [-0.25, -0.2) is 4.79 Å². The number of amides is 3. The molecule has 154 valence electrons. The maximum Gasteiger partial charge on any atom is 0.323 e. The van der Waals surface area contributed by atoms with E-state index in [-0.39, 0.29) is 5.91 Å². The molecule has 2 aromatic carbocycles. The summed E-state index contributed by atoms with van der Waals surface area (Å²) in [5, 5.41) is 5.51. The second-order valence-electron chi connectivity index (χ2n) is 6.51. The van der Waals surface area contributed by atoms with Crippen LogP contribution in [0, 0.1) is 0 Å². The van der Waals surface area contributed by atoms with Gasteiger partial charge in [-0.15, -0.1) is 0 Å². The lowest BCUT2D eigenvalue weighted by atomic mass is 10.1. The molecule has 1 heterocycles. The molecule has 1 fully saturated rings. The highest BCUT2D eigenvalue weighted by atomic mass is 16.5. The highest BCUT2D eigenvalue weighted by molar-refractivity contribution is 6.00. The molecule has 1 saturated heterocycles. The molecule has 2 aromatic rings. The normalized spacial score (nSPS) is 13.5. The number of morpholine rings is 1. The Balaban J connectivity index is 1.55. The number of nitrogens with zero attached hydrogens (tertiary/aromatic N) is 1. The smallest absolute Gasteiger partial charge is 0.323 e. The Labute approximate surface area is 169 Å². The molecule has 8 nitrogen and oxygen atoms in total. The topological polar surface area (TPSA) is 89.1 Å². The minimum absolute atomic E-state index is 0.0818. The number of benzene rings is 2. The fraction of sp³-hybridized carbons (Fsp3) is 0.333. The van der Waals surface area contributed by atoms with Crippen molar-refractivity contribution in [2.24, 2.45) is 0 Å². The highest BCUT2D eigenvalue weighted by Gasteiger charge is 2.17. The molecule has 3 rings (SSSR count). The van der Waals surface area contributed by atoms with Crippen molar-refractivity contribution < 1.29 is 23.8 Å². The maximum absolute atomic E-state index is 12.3. The van der Waals surface area contributed by atoms with E-state index in [2.05, 4.69) is 10.6 Å². The number of rotatable bonds is 6. The third-order valence-electron chi connectivity index (χ3n) is 4.59. The molecule has 0 unspecified atom stereocenters. The predicted octanol–water partition coefficient (Wildman–Crippen LogP) is 2.75. The molecule has 1 aliphatic heterocycles. The molecule has 3 amide bonds. The van der Waals surface area contributed by atoms with Gasteiger partial charge in [0.25, 0.3) is 0 Å². The summed E-state index contributed by atoms with van der Waals surface area (Å²) in [5.41, 5.74) is 2.04. The minimum atomic E-state index is -0.398. The lowest BCUT2D eigenvalue weighted by Gasteiger charge is -2.26. The van der Waals surface area contributed by atoms with Crippen LogP contribution in [-0.4, -0.2) is 57.4 Å². The zero-order valence-electron chi connectivity index (χ0n) is 16.6. The van der Waals surface area contributed by atoms with Crippen molar-refractivity contribution in [2.75, 3.05) is 51.2 Å². The summed E-state index contributed by atoms with van der Waals surface area (Å²) < 4.78 is 15.7. The van der Waals surface area contributed by atoms with Crippen LogP contribution >= 0.6 is 0 Å². The number of ether oxygens (including phenoxy) is 3. The third-order valence-corrected chi connectivity index (χ3v) is 4.59. The van der Waals surface area contributed by atoms with Gasteiger partial charge < -0.3 is 29.7 Å². The van der Waals surface area contributed by atoms with Gasteiger partial charge >= 0.3 is 6.03 Å². The SMILES string of the molecule is COc1ccc(NC(=O)Nc2ccc(CC(=O)N3CCOCC3)cc2)c(OC)c1. The van der Waals surface area contributed by atoms with Crippen molar-refractivity contribution in [1.29, 1.82) is 0 Å². The van der Waals surface area contributed by atoms with E-state index in [1.54, 1.807) is 37.4 Å². The quantitative estimate of drug-likeness (QED) is 0.780. The summed E-state index contributed by atoms with van der Waals surface area (Å²) in [4.78, 5) is 26.4. The molecule has 0 spiro atoms. The molecule has 0 aliphatic carbocycles. The molecule has 0 saturated carbocycles. The Morgan fingerprint density at radius 3 is 2.38 bits per heavy atom. The van der Waals surface area contributed by atoms with Crippen LogP contribution in [0.1, 0.15) is 5.56 Å². The maximum atomic E-state index is 12.3. The van der Waals surface area contributed by atoms with Crippen molar-refractivity contribution in [3.63, 3.8) is 0 Å². The average molecular weight is 399 g/mol. The van der Waals surface area contributed by atoms with Crippen LogP contribution in [0.3, 0.4) is 0 Å². The fourth-order valence-corrected chi connectivity index (χ4v) is 2.99. The van der Waals surface area contributed by atoms with Crippen molar-refractivity contribution in [1.82, 2.24) is 4.90 Å². The molecule has 1 aliphatic rings. The van der Waals surface area contributed by atoms with Crippen LogP contribution in [-0.2, 0) is 16.0 Å². The van der Waals surface area contributed by atoms with Gasteiger partial charge in [-0.05, 0) is 29.8 Å². The van der Waals surface area contributed by atoms with Gasteiger partial charge in [-0.1, -0.05) is 12.1 Å². The van der Waals surface area contributed by atoms with Crippen molar-refractivity contribution in [2.45, 2.75) is 6.42 Å². The number of anilines is 2. The second kappa shape index (κ2) is 9.79. The van der Waals surface area contributed by atoms with E-state index < -0.39 is 6.03 Å². The lowest BCUT2D eigenvalue weighted by Crippen LogP contribution is -2.41. The van der Waals surface area contributed by atoms with Gasteiger partial charge in [0.1, 0.15) is 11.5 Å². The first kappa shape index (κ1) is 20.5. The number of carbonyl (C=O) groups excluding carboxylic acids is 2. The fourth-order valence-electron chi connectivity index (χ4n) is 2.99. The van der Waals surface area contributed by atoms with Gasteiger partial charge in [-0.2, -0.15) is 0 Å². The van der Waals surface area contributed by atoms with Gasteiger partial charge in [0.2, 0.25) is 5.91 Å². The van der Waals surface area contributed by atoms with E-state index in [0.29, 0.717) is 55.6 Å². The van der Waals surface area contributed by atoms with E-state index in [0.717, 1.165) is 5.56 Å². The monoisotopic (exact) mass is 399 g/mol. The molecule has 29 heavy (non-hydrogen) atoms. The molecule has 0 bridgehead atoms. The van der Waals surface area contributed by atoms with Crippen molar-refractivity contribution in [3.05, 3.63) is 48.0 Å². The van der Waals surface area contributed by atoms with E-state index >= 15 is 0 Å². The zero-order chi connectivity index (χ0) is 20.6. The molecular formula is C21H25N3O5. The summed E-state index contributed by atoms with van der Waals surface area (Å²) in [7, 11) is 3.08. The molecule has 0 aromatic heterocycles. The van der Waals surface area contributed by atoms with Gasteiger partial charge in [0.05, 0.1) is 39.5 Å². The zero-order valence-corrected chi connectivity index (χ0v) is 16.6. The molecule has 2 N–H and O–H groups in total. The minimum Gasteiger partial charge on any atom is -0.497 e. The van der Waals surface area contributed by atoms with Crippen LogP contribution in [0.15, 0.2) is 42.5 Å². The predicted molar refractivity (Wildman–Crippen MR) is 110 cm³/mol. The number of carbonyl (C=O) groups is 2. The Kier molecular flexibility index (Phi) is 6.91. The van der Waals surface area contributed by atoms with Crippen LogP contribution in [0.25, 0.3) is 0 Å². The summed E-state index contributed by atoms with van der Waals surface area (Å²) in [6.45, 7) is 2.44. The van der Waals surface area contributed by atoms with Crippen molar-refractivity contribution >= 4 is 23.3 Å².